The van der Waals surface area contributed by atoms with Crippen LogP contribution >= 0.6 is 11.6 Å². The summed E-state index contributed by atoms with van der Waals surface area (Å²) in [4.78, 5) is 10.9. The zero-order valence-corrected chi connectivity index (χ0v) is 9.98. The van der Waals surface area contributed by atoms with Gasteiger partial charge in [0.25, 0.3) is 0 Å². The van der Waals surface area contributed by atoms with Gasteiger partial charge in [0.05, 0.1) is 7.11 Å². The van der Waals surface area contributed by atoms with Crippen LogP contribution in [0.5, 0.6) is 0 Å². The standard InChI is InChI=1S/C11H21ClO2/c1-3-4-5-6-7-8-9-10(12)11(13)14-2/h10H,3-9H2,1-2H3. The first-order valence-electron chi connectivity index (χ1n) is 5.44. The molecule has 0 fully saturated rings. The molecule has 0 bridgehead atoms. The Hall–Kier alpha value is -0.240. The molecule has 3 heteroatoms. The van der Waals surface area contributed by atoms with Gasteiger partial charge in [0.15, 0.2) is 0 Å². The highest BCUT2D eigenvalue weighted by atomic mass is 35.5. The molecule has 0 aliphatic rings. The van der Waals surface area contributed by atoms with Gasteiger partial charge in [-0.3, -0.25) is 4.79 Å². The maximum atomic E-state index is 10.9. The first-order valence-corrected chi connectivity index (χ1v) is 5.88. The lowest BCUT2D eigenvalue weighted by atomic mass is 10.1. The topological polar surface area (TPSA) is 26.3 Å². The average Bonchev–Trinajstić information content (AvgIpc) is 2.21. The number of esters is 1. The summed E-state index contributed by atoms with van der Waals surface area (Å²) in [5.74, 6) is -0.305. The van der Waals surface area contributed by atoms with Crippen LogP contribution in [-0.2, 0) is 9.53 Å². The van der Waals surface area contributed by atoms with Crippen LogP contribution in [-0.4, -0.2) is 18.5 Å². The van der Waals surface area contributed by atoms with Gasteiger partial charge in [-0.2, -0.15) is 0 Å². The molecule has 84 valence electrons. The Morgan fingerprint density at radius 2 is 1.79 bits per heavy atom. The second-order valence-corrected chi connectivity index (χ2v) is 4.07. The molecule has 0 saturated carbocycles. The Balaban J connectivity index is 3.23. The van der Waals surface area contributed by atoms with E-state index in [1.807, 2.05) is 0 Å². The van der Waals surface area contributed by atoms with Crippen LogP contribution in [0.25, 0.3) is 0 Å². The fraction of sp³-hybridized carbons (Fsp3) is 0.909. The Kier molecular flexibility index (Phi) is 9.16. The minimum atomic E-state index is -0.453. The summed E-state index contributed by atoms with van der Waals surface area (Å²) in [6, 6.07) is 0. The lowest BCUT2D eigenvalue weighted by Crippen LogP contribution is -2.15. The van der Waals surface area contributed by atoms with Gasteiger partial charge in [-0.15, -0.1) is 11.6 Å². The highest BCUT2D eigenvalue weighted by molar-refractivity contribution is 6.29. The number of alkyl halides is 1. The third-order valence-corrected chi connectivity index (χ3v) is 2.66. The molecule has 0 N–H and O–H groups in total. The molecule has 0 spiro atoms. The molecule has 0 aromatic heterocycles. The van der Waals surface area contributed by atoms with Crippen LogP contribution in [0.4, 0.5) is 0 Å². The zero-order valence-electron chi connectivity index (χ0n) is 9.22. The Morgan fingerprint density at radius 3 is 2.36 bits per heavy atom. The molecule has 14 heavy (non-hydrogen) atoms. The summed E-state index contributed by atoms with van der Waals surface area (Å²) in [5.41, 5.74) is 0. The number of halogens is 1. The molecule has 0 saturated heterocycles. The van der Waals surface area contributed by atoms with Gasteiger partial charge < -0.3 is 4.74 Å². The highest BCUT2D eigenvalue weighted by Crippen LogP contribution is 2.12. The Labute approximate surface area is 92.0 Å². The third kappa shape index (κ3) is 7.19. The predicted molar refractivity (Wildman–Crippen MR) is 59.7 cm³/mol. The van der Waals surface area contributed by atoms with Crippen molar-refractivity contribution >= 4 is 17.6 Å². The SMILES string of the molecule is CCCCCCCCC(Cl)C(=O)OC. The fourth-order valence-electron chi connectivity index (χ4n) is 1.35. The quantitative estimate of drug-likeness (QED) is 0.356. The summed E-state index contributed by atoms with van der Waals surface area (Å²) in [7, 11) is 1.37. The monoisotopic (exact) mass is 220 g/mol. The van der Waals surface area contributed by atoms with Crippen molar-refractivity contribution < 1.29 is 9.53 Å². The molecule has 2 nitrogen and oxygen atoms in total. The largest absolute Gasteiger partial charge is 0.468 e. The summed E-state index contributed by atoms with van der Waals surface area (Å²) >= 11 is 5.80. The summed E-state index contributed by atoms with van der Waals surface area (Å²) in [6.07, 6.45) is 8.04. The van der Waals surface area contributed by atoms with Crippen molar-refractivity contribution in [2.75, 3.05) is 7.11 Å². The highest BCUT2D eigenvalue weighted by Gasteiger charge is 2.14. The Bertz CT molecular complexity index is 148. The lowest BCUT2D eigenvalue weighted by molar-refractivity contribution is -0.140. The van der Waals surface area contributed by atoms with Crippen LogP contribution in [0.3, 0.4) is 0 Å². The van der Waals surface area contributed by atoms with Crippen molar-refractivity contribution in [1.82, 2.24) is 0 Å². The zero-order chi connectivity index (χ0) is 10.8. The smallest absolute Gasteiger partial charge is 0.323 e. The van der Waals surface area contributed by atoms with E-state index in [1.165, 1.54) is 39.2 Å². The van der Waals surface area contributed by atoms with E-state index in [0.717, 1.165) is 12.8 Å². The van der Waals surface area contributed by atoms with Crippen LogP contribution in [0, 0.1) is 0 Å². The van der Waals surface area contributed by atoms with Gasteiger partial charge in [0, 0.05) is 0 Å². The molecule has 0 rings (SSSR count). The van der Waals surface area contributed by atoms with Gasteiger partial charge in [-0.25, -0.2) is 0 Å². The second-order valence-electron chi connectivity index (χ2n) is 3.55. The molecule has 1 atom stereocenters. The molecule has 1 unspecified atom stereocenters. The minimum absolute atomic E-state index is 0.305. The number of unbranched alkanes of at least 4 members (excludes halogenated alkanes) is 5. The molecule has 0 radical (unpaired) electrons. The van der Waals surface area contributed by atoms with Gasteiger partial charge in [-0.1, -0.05) is 45.4 Å². The fourth-order valence-corrected chi connectivity index (χ4v) is 1.59. The van der Waals surface area contributed by atoms with Crippen molar-refractivity contribution in [2.24, 2.45) is 0 Å². The van der Waals surface area contributed by atoms with E-state index in [1.54, 1.807) is 0 Å². The normalized spacial score (nSPS) is 12.5. The summed E-state index contributed by atoms with van der Waals surface area (Å²) in [6.45, 7) is 2.20. The van der Waals surface area contributed by atoms with Crippen molar-refractivity contribution in [1.29, 1.82) is 0 Å². The molecular weight excluding hydrogens is 200 g/mol. The average molecular weight is 221 g/mol. The van der Waals surface area contributed by atoms with Crippen molar-refractivity contribution in [3.8, 4) is 0 Å². The number of rotatable bonds is 8. The van der Waals surface area contributed by atoms with E-state index in [0.29, 0.717) is 0 Å². The molecule has 0 aliphatic heterocycles. The van der Waals surface area contributed by atoms with Crippen LogP contribution in [0.2, 0.25) is 0 Å². The molecule has 0 amide bonds. The van der Waals surface area contributed by atoms with E-state index in [4.69, 9.17) is 11.6 Å². The minimum Gasteiger partial charge on any atom is -0.468 e. The summed E-state index contributed by atoms with van der Waals surface area (Å²) < 4.78 is 4.54. The van der Waals surface area contributed by atoms with E-state index >= 15 is 0 Å². The summed E-state index contributed by atoms with van der Waals surface area (Å²) in [5, 5.41) is -0.453. The van der Waals surface area contributed by atoms with E-state index in [2.05, 4.69) is 11.7 Å². The van der Waals surface area contributed by atoms with Gasteiger partial charge >= 0.3 is 5.97 Å². The first-order chi connectivity index (χ1) is 6.72. The maximum absolute atomic E-state index is 10.9. The number of hydrogen-bond acceptors (Lipinski definition) is 2. The van der Waals surface area contributed by atoms with Crippen LogP contribution < -0.4 is 0 Å². The predicted octanol–water partition coefficient (Wildman–Crippen LogP) is 3.52. The van der Waals surface area contributed by atoms with Crippen molar-refractivity contribution in [3.63, 3.8) is 0 Å². The number of carbonyl (C=O) groups is 1. The van der Waals surface area contributed by atoms with Crippen LogP contribution in [0.1, 0.15) is 51.9 Å². The molecular formula is C11H21ClO2. The van der Waals surface area contributed by atoms with Crippen LogP contribution in [0.15, 0.2) is 0 Å². The third-order valence-electron chi connectivity index (χ3n) is 2.27. The number of methoxy groups -OCH3 is 1. The van der Waals surface area contributed by atoms with Gasteiger partial charge in [0.2, 0.25) is 0 Å². The van der Waals surface area contributed by atoms with E-state index < -0.39 is 5.38 Å². The number of carbonyl (C=O) groups excluding carboxylic acids is 1. The van der Waals surface area contributed by atoms with Gasteiger partial charge in [0.1, 0.15) is 5.38 Å². The lowest BCUT2D eigenvalue weighted by Gasteiger charge is -2.06. The molecule has 0 aromatic carbocycles. The molecule has 0 aliphatic carbocycles. The van der Waals surface area contributed by atoms with E-state index in [-0.39, 0.29) is 5.97 Å². The number of hydrogen-bond donors (Lipinski definition) is 0. The van der Waals surface area contributed by atoms with Crippen molar-refractivity contribution in [2.45, 2.75) is 57.2 Å². The first kappa shape index (κ1) is 13.8. The maximum Gasteiger partial charge on any atom is 0.323 e. The molecule has 0 aromatic rings. The Morgan fingerprint density at radius 1 is 1.21 bits per heavy atom. The number of ether oxygens (including phenoxy) is 1. The molecule has 0 heterocycles. The second kappa shape index (κ2) is 9.32. The van der Waals surface area contributed by atoms with Gasteiger partial charge in [-0.05, 0) is 6.42 Å². The van der Waals surface area contributed by atoms with E-state index in [9.17, 15) is 4.79 Å². The van der Waals surface area contributed by atoms with Crippen molar-refractivity contribution in [3.05, 3.63) is 0 Å².